The van der Waals surface area contributed by atoms with Crippen molar-refractivity contribution in [3.05, 3.63) is 62.8 Å². The van der Waals surface area contributed by atoms with E-state index in [2.05, 4.69) is 5.32 Å². The van der Waals surface area contributed by atoms with Crippen LogP contribution >= 0.6 is 22.9 Å². The maximum absolute atomic E-state index is 13.0. The summed E-state index contributed by atoms with van der Waals surface area (Å²) in [4.78, 5) is 27.5. The second kappa shape index (κ2) is 9.43. The van der Waals surface area contributed by atoms with Gasteiger partial charge < -0.3 is 5.32 Å². The van der Waals surface area contributed by atoms with Crippen molar-refractivity contribution in [2.75, 3.05) is 38.0 Å². The number of para-hydroxylation sites is 1. The van der Waals surface area contributed by atoms with Crippen LogP contribution in [0.5, 0.6) is 0 Å². The molecule has 0 unspecified atom stereocenters. The Balaban J connectivity index is 1.39. The molecule has 3 heterocycles. The zero-order valence-electron chi connectivity index (χ0n) is 18.2. The Hall–Kier alpha value is -2.44. The van der Waals surface area contributed by atoms with Crippen LogP contribution in [0.15, 0.2) is 51.5 Å². The van der Waals surface area contributed by atoms with Gasteiger partial charge in [0.25, 0.3) is 15.6 Å². The number of rotatable bonds is 6. The molecule has 1 N–H and O–H groups in total. The average Bonchev–Trinajstić information content (AvgIpc) is 3.32. The van der Waals surface area contributed by atoms with Crippen LogP contribution in [0.3, 0.4) is 0 Å². The van der Waals surface area contributed by atoms with Crippen LogP contribution in [0, 0.1) is 6.92 Å². The highest BCUT2D eigenvalue weighted by atomic mass is 35.5. The zero-order chi connectivity index (χ0) is 23.8. The van der Waals surface area contributed by atoms with Gasteiger partial charge in [-0.1, -0.05) is 29.8 Å². The van der Waals surface area contributed by atoms with Gasteiger partial charge in [0.1, 0.15) is 9.90 Å². The van der Waals surface area contributed by atoms with Gasteiger partial charge in [-0.15, -0.1) is 11.3 Å². The third-order valence-corrected chi connectivity index (χ3v) is 9.26. The summed E-state index contributed by atoms with van der Waals surface area (Å²) in [5.74, 6) is -0.317. The fourth-order valence-corrected chi connectivity index (χ4v) is 6.85. The molecule has 1 saturated heterocycles. The number of amides is 1. The van der Waals surface area contributed by atoms with Crippen LogP contribution in [0.4, 0.5) is 5.69 Å². The van der Waals surface area contributed by atoms with E-state index in [1.807, 2.05) is 35.2 Å². The second-order valence-electron chi connectivity index (χ2n) is 7.72. The molecule has 0 radical (unpaired) electrons. The highest BCUT2D eigenvalue weighted by Gasteiger charge is 2.30. The van der Waals surface area contributed by atoms with Gasteiger partial charge in [-0.25, -0.2) is 13.1 Å². The van der Waals surface area contributed by atoms with Crippen LogP contribution < -0.4 is 10.9 Å². The number of hydrogen-bond donors (Lipinski definition) is 1. The highest BCUT2D eigenvalue weighted by Crippen LogP contribution is 2.28. The number of thiophene rings is 1. The monoisotopic (exact) mass is 509 g/mol. The summed E-state index contributed by atoms with van der Waals surface area (Å²) in [5, 5.41) is 2.75. The number of nitrogens with zero attached hydrogens (tertiary/aromatic N) is 4. The predicted molar refractivity (Wildman–Crippen MR) is 129 cm³/mol. The molecule has 1 aliphatic rings. The van der Waals surface area contributed by atoms with E-state index in [1.54, 1.807) is 24.7 Å². The van der Waals surface area contributed by atoms with E-state index in [4.69, 9.17) is 11.6 Å². The molecule has 3 aromatic rings. The first kappa shape index (κ1) is 23.7. The first-order valence-electron chi connectivity index (χ1n) is 10.3. The van der Waals surface area contributed by atoms with E-state index in [9.17, 15) is 18.0 Å². The van der Waals surface area contributed by atoms with Crippen LogP contribution in [-0.4, -0.2) is 65.6 Å². The quantitative estimate of drug-likeness (QED) is 0.549. The standard InChI is InChI=1S/C21H24ClN5O4S2/c1-15-20(21(29)27(24(15)2)16-6-4-3-5-7-16)23-18(28)14-25-10-12-26(13-11-25)33(30,31)19-9-8-17(22)32-19/h3-9H,10-14H2,1-2H3,(H,23,28). The molecule has 1 aromatic carbocycles. The molecular formula is C21H24ClN5O4S2. The minimum absolute atomic E-state index is 0.0673. The third-order valence-electron chi connectivity index (χ3n) is 5.66. The topological polar surface area (TPSA) is 96.7 Å². The Morgan fingerprint density at radius 1 is 1.09 bits per heavy atom. The largest absolute Gasteiger partial charge is 0.319 e. The molecule has 1 aliphatic heterocycles. The zero-order valence-corrected chi connectivity index (χ0v) is 20.6. The average molecular weight is 510 g/mol. The van der Waals surface area contributed by atoms with Crippen molar-refractivity contribution in [3.8, 4) is 5.69 Å². The minimum atomic E-state index is -3.59. The molecule has 9 nitrogen and oxygen atoms in total. The Kier molecular flexibility index (Phi) is 6.78. The van der Waals surface area contributed by atoms with Crippen LogP contribution in [0.2, 0.25) is 4.34 Å². The Bertz CT molecular complexity index is 1320. The van der Waals surface area contributed by atoms with Crippen molar-refractivity contribution in [2.45, 2.75) is 11.1 Å². The van der Waals surface area contributed by atoms with E-state index < -0.39 is 10.0 Å². The van der Waals surface area contributed by atoms with E-state index in [-0.39, 0.29) is 41.0 Å². The smallest absolute Gasteiger partial charge is 0.295 e. The van der Waals surface area contributed by atoms with Gasteiger partial charge in [0.15, 0.2) is 0 Å². The lowest BCUT2D eigenvalue weighted by molar-refractivity contribution is -0.117. The maximum atomic E-state index is 13.0. The van der Waals surface area contributed by atoms with Crippen molar-refractivity contribution < 1.29 is 13.2 Å². The lowest BCUT2D eigenvalue weighted by Gasteiger charge is -2.33. The third kappa shape index (κ3) is 4.78. The maximum Gasteiger partial charge on any atom is 0.295 e. The number of hydrogen-bond acceptors (Lipinski definition) is 6. The molecule has 0 bridgehead atoms. The van der Waals surface area contributed by atoms with E-state index in [0.717, 1.165) is 11.3 Å². The molecule has 0 spiro atoms. The molecule has 2 aromatic heterocycles. The number of carbonyl (C=O) groups excluding carboxylic acids is 1. The summed E-state index contributed by atoms with van der Waals surface area (Å²) >= 11 is 6.91. The van der Waals surface area contributed by atoms with Gasteiger partial charge >= 0.3 is 0 Å². The lowest BCUT2D eigenvalue weighted by atomic mass is 10.3. The number of carbonyl (C=O) groups is 1. The summed E-state index contributed by atoms with van der Waals surface area (Å²) in [6, 6.07) is 12.3. The summed E-state index contributed by atoms with van der Waals surface area (Å²) in [5.41, 5.74) is 1.28. The van der Waals surface area contributed by atoms with Crippen molar-refractivity contribution in [3.63, 3.8) is 0 Å². The lowest BCUT2D eigenvalue weighted by Crippen LogP contribution is -2.50. The molecule has 12 heteroatoms. The first-order valence-corrected chi connectivity index (χ1v) is 12.9. The van der Waals surface area contributed by atoms with E-state index in [0.29, 0.717) is 28.8 Å². The molecule has 1 amide bonds. The molecule has 1 fully saturated rings. The minimum Gasteiger partial charge on any atom is -0.319 e. The predicted octanol–water partition coefficient (Wildman–Crippen LogP) is 2.14. The van der Waals surface area contributed by atoms with Crippen LogP contribution in [-0.2, 0) is 21.9 Å². The van der Waals surface area contributed by atoms with Crippen LogP contribution in [0.25, 0.3) is 5.69 Å². The van der Waals surface area contributed by atoms with Crippen LogP contribution in [0.1, 0.15) is 5.69 Å². The number of piperazine rings is 1. The van der Waals surface area contributed by atoms with Gasteiger partial charge in [-0.2, -0.15) is 4.31 Å². The molecule has 4 rings (SSSR count). The number of halogens is 1. The number of nitrogens with one attached hydrogen (secondary N) is 1. The van der Waals surface area contributed by atoms with Crippen molar-refractivity contribution in [1.82, 2.24) is 18.6 Å². The fraction of sp³-hybridized carbons (Fsp3) is 0.333. The summed E-state index contributed by atoms with van der Waals surface area (Å²) in [6.07, 6.45) is 0. The Labute approximate surface area is 200 Å². The first-order chi connectivity index (χ1) is 15.7. The van der Waals surface area contributed by atoms with E-state index in [1.165, 1.54) is 15.1 Å². The molecule has 0 atom stereocenters. The van der Waals surface area contributed by atoms with Crippen molar-refractivity contribution in [1.29, 1.82) is 0 Å². The number of anilines is 1. The molecule has 176 valence electrons. The van der Waals surface area contributed by atoms with Gasteiger partial charge in [-0.3, -0.25) is 19.2 Å². The van der Waals surface area contributed by atoms with Gasteiger partial charge in [0.05, 0.1) is 22.3 Å². The summed E-state index contributed by atoms with van der Waals surface area (Å²) < 4.78 is 30.7. The Morgan fingerprint density at radius 2 is 1.76 bits per heavy atom. The number of aromatic nitrogens is 2. The van der Waals surface area contributed by atoms with Gasteiger partial charge in [0.2, 0.25) is 5.91 Å². The number of benzene rings is 1. The summed E-state index contributed by atoms with van der Waals surface area (Å²) in [6.45, 7) is 3.21. The molecular weight excluding hydrogens is 486 g/mol. The molecule has 33 heavy (non-hydrogen) atoms. The Morgan fingerprint density at radius 3 is 2.36 bits per heavy atom. The van der Waals surface area contributed by atoms with Gasteiger partial charge in [-0.05, 0) is 31.2 Å². The van der Waals surface area contributed by atoms with Crippen molar-refractivity contribution in [2.24, 2.45) is 7.05 Å². The molecule has 0 saturated carbocycles. The normalized spacial score (nSPS) is 15.6. The number of sulfonamides is 1. The summed E-state index contributed by atoms with van der Waals surface area (Å²) in [7, 11) is -1.82. The van der Waals surface area contributed by atoms with Crippen molar-refractivity contribution >= 4 is 44.6 Å². The molecule has 0 aliphatic carbocycles. The van der Waals surface area contributed by atoms with Gasteiger partial charge in [0, 0.05) is 33.2 Å². The second-order valence-corrected chi connectivity index (χ2v) is 11.6. The fourth-order valence-electron chi connectivity index (χ4n) is 3.79. The highest BCUT2D eigenvalue weighted by molar-refractivity contribution is 7.91. The van der Waals surface area contributed by atoms with E-state index >= 15 is 0 Å². The SMILES string of the molecule is Cc1c(NC(=O)CN2CCN(S(=O)(=O)c3ccc(Cl)s3)CC2)c(=O)n(-c2ccccc2)n1C.